The smallest absolute Gasteiger partial charge is 0.273 e. The second-order valence-electron chi connectivity index (χ2n) is 6.32. The summed E-state index contributed by atoms with van der Waals surface area (Å²) >= 11 is 5.99. The number of rotatable bonds is 5. The predicted molar refractivity (Wildman–Crippen MR) is 100 cm³/mol. The fourth-order valence-corrected chi connectivity index (χ4v) is 3.59. The van der Waals surface area contributed by atoms with Gasteiger partial charge >= 0.3 is 0 Å². The van der Waals surface area contributed by atoms with Crippen LogP contribution in [-0.2, 0) is 4.74 Å². The van der Waals surface area contributed by atoms with Crippen LogP contribution < -0.4 is 0 Å². The Morgan fingerprint density at radius 3 is 2.74 bits per heavy atom. The molecule has 1 N–H and O–H groups in total. The summed E-state index contributed by atoms with van der Waals surface area (Å²) in [4.78, 5) is 14.6. The number of benzene rings is 2. The van der Waals surface area contributed by atoms with E-state index in [9.17, 15) is 9.18 Å². The maximum absolute atomic E-state index is 13.9. The molecule has 1 atom stereocenters. The first-order chi connectivity index (χ1) is 13.1. The zero-order valence-electron chi connectivity index (χ0n) is 14.6. The van der Waals surface area contributed by atoms with E-state index in [1.54, 1.807) is 30.2 Å². The zero-order chi connectivity index (χ0) is 19.0. The van der Waals surface area contributed by atoms with Crippen LogP contribution in [0.5, 0.6) is 0 Å². The monoisotopic (exact) mass is 385 g/mol. The van der Waals surface area contributed by atoms with Gasteiger partial charge in [-0.05, 0) is 29.8 Å². The van der Waals surface area contributed by atoms with E-state index in [4.69, 9.17) is 16.3 Å². The molecule has 7 heteroatoms. The Balaban J connectivity index is 1.86. The summed E-state index contributed by atoms with van der Waals surface area (Å²) in [6, 6.07) is 13.1. The molecule has 2 heterocycles. The average Bonchev–Trinajstić information content (AvgIpc) is 3.20. The summed E-state index contributed by atoms with van der Waals surface area (Å²) < 4.78 is 19.1. The number of fused-ring (bicyclic) bond motifs is 1. The van der Waals surface area contributed by atoms with E-state index in [0.29, 0.717) is 35.1 Å². The summed E-state index contributed by atoms with van der Waals surface area (Å²) in [5, 5.41) is 7.84. The molecule has 0 bridgehead atoms. The number of carbonyl (C=O) groups is 1. The molecular weight excluding hydrogens is 369 g/mol. The number of methoxy groups -OCH3 is 1. The second-order valence-corrected chi connectivity index (χ2v) is 6.75. The van der Waals surface area contributed by atoms with Gasteiger partial charge in [0.2, 0.25) is 0 Å². The molecule has 1 aliphatic heterocycles. The molecule has 0 saturated heterocycles. The van der Waals surface area contributed by atoms with Crippen LogP contribution in [0.1, 0.15) is 27.7 Å². The molecule has 0 radical (unpaired) electrons. The van der Waals surface area contributed by atoms with Crippen molar-refractivity contribution in [1.82, 2.24) is 15.1 Å². The maximum atomic E-state index is 13.9. The van der Waals surface area contributed by atoms with Crippen molar-refractivity contribution in [3.63, 3.8) is 0 Å². The molecule has 0 fully saturated rings. The lowest BCUT2D eigenvalue weighted by Crippen LogP contribution is -2.32. The second kappa shape index (κ2) is 7.13. The fraction of sp³-hybridized carbons (Fsp3) is 0.200. The Hall–Kier alpha value is -2.70. The Labute approximate surface area is 160 Å². The van der Waals surface area contributed by atoms with Gasteiger partial charge in [-0.3, -0.25) is 9.89 Å². The SMILES string of the molecule is COCCN1C(=O)c2[nH]nc(-c3ccc(Cl)cc3)c2C1c1cccc(F)c1. The first-order valence-corrected chi connectivity index (χ1v) is 8.87. The number of halogens is 2. The quantitative estimate of drug-likeness (QED) is 0.720. The molecular formula is C20H17ClFN3O2. The Morgan fingerprint density at radius 2 is 2.04 bits per heavy atom. The van der Waals surface area contributed by atoms with Crippen molar-refractivity contribution < 1.29 is 13.9 Å². The number of hydrogen-bond acceptors (Lipinski definition) is 3. The van der Waals surface area contributed by atoms with E-state index in [1.165, 1.54) is 12.1 Å². The lowest BCUT2D eigenvalue weighted by Gasteiger charge is -2.26. The molecule has 138 valence electrons. The molecule has 0 spiro atoms. The van der Waals surface area contributed by atoms with Crippen LogP contribution in [-0.4, -0.2) is 41.3 Å². The van der Waals surface area contributed by atoms with E-state index < -0.39 is 6.04 Å². The molecule has 1 unspecified atom stereocenters. The zero-order valence-corrected chi connectivity index (χ0v) is 15.3. The number of aromatic nitrogens is 2. The van der Waals surface area contributed by atoms with Gasteiger partial charge in [0.15, 0.2) is 0 Å². The molecule has 3 aromatic rings. The van der Waals surface area contributed by atoms with Crippen molar-refractivity contribution in [2.24, 2.45) is 0 Å². The van der Waals surface area contributed by atoms with Gasteiger partial charge in [0, 0.05) is 29.8 Å². The topological polar surface area (TPSA) is 58.2 Å². The Bertz CT molecular complexity index is 987. The number of H-pyrrole nitrogens is 1. The summed E-state index contributed by atoms with van der Waals surface area (Å²) in [6.45, 7) is 0.768. The van der Waals surface area contributed by atoms with E-state index in [0.717, 1.165) is 11.1 Å². The van der Waals surface area contributed by atoms with Crippen molar-refractivity contribution in [2.75, 3.05) is 20.3 Å². The highest BCUT2D eigenvalue weighted by Crippen LogP contribution is 2.42. The summed E-state index contributed by atoms with van der Waals surface area (Å²) in [5.41, 5.74) is 3.34. The van der Waals surface area contributed by atoms with E-state index in [2.05, 4.69) is 10.2 Å². The minimum atomic E-state index is -0.442. The highest BCUT2D eigenvalue weighted by atomic mass is 35.5. The van der Waals surface area contributed by atoms with Crippen LogP contribution in [0.4, 0.5) is 4.39 Å². The normalized spacial score (nSPS) is 16.0. The lowest BCUT2D eigenvalue weighted by molar-refractivity contribution is 0.0677. The summed E-state index contributed by atoms with van der Waals surface area (Å²) in [7, 11) is 1.58. The number of amides is 1. The fourth-order valence-electron chi connectivity index (χ4n) is 3.47. The van der Waals surface area contributed by atoms with Crippen LogP contribution in [0.2, 0.25) is 5.02 Å². The number of nitrogens with one attached hydrogen (secondary N) is 1. The molecule has 1 aromatic heterocycles. The van der Waals surface area contributed by atoms with Gasteiger partial charge in [-0.15, -0.1) is 0 Å². The third-order valence-corrected chi connectivity index (χ3v) is 4.93. The third kappa shape index (κ3) is 3.11. The van der Waals surface area contributed by atoms with Gasteiger partial charge in [-0.1, -0.05) is 35.9 Å². The first-order valence-electron chi connectivity index (χ1n) is 8.49. The maximum Gasteiger partial charge on any atom is 0.273 e. The van der Waals surface area contributed by atoms with Crippen LogP contribution in [0.15, 0.2) is 48.5 Å². The lowest BCUT2D eigenvalue weighted by atomic mass is 9.96. The molecule has 1 amide bonds. The van der Waals surface area contributed by atoms with Crippen LogP contribution in [0, 0.1) is 5.82 Å². The van der Waals surface area contributed by atoms with Crippen molar-refractivity contribution >= 4 is 17.5 Å². The van der Waals surface area contributed by atoms with E-state index in [-0.39, 0.29) is 11.7 Å². The number of aromatic amines is 1. The molecule has 1 aliphatic rings. The van der Waals surface area contributed by atoms with Gasteiger partial charge in [-0.2, -0.15) is 5.10 Å². The predicted octanol–water partition coefficient (Wildman–Crippen LogP) is 4.06. The first kappa shape index (κ1) is 17.7. The summed E-state index contributed by atoms with van der Waals surface area (Å²) in [6.07, 6.45) is 0. The molecule has 2 aromatic carbocycles. The van der Waals surface area contributed by atoms with Crippen LogP contribution in [0.25, 0.3) is 11.3 Å². The molecule has 5 nitrogen and oxygen atoms in total. The van der Waals surface area contributed by atoms with Crippen molar-refractivity contribution in [1.29, 1.82) is 0 Å². The Morgan fingerprint density at radius 1 is 1.26 bits per heavy atom. The van der Waals surface area contributed by atoms with E-state index in [1.807, 2.05) is 18.2 Å². The van der Waals surface area contributed by atoms with Gasteiger partial charge in [0.25, 0.3) is 5.91 Å². The van der Waals surface area contributed by atoms with Gasteiger partial charge in [0.05, 0.1) is 18.3 Å². The minimum Gasteiger partial charge on any atom is -0.383 e. The van der Waals surface area contributed by atoms with Gasteiger partial charge < -0.3 is 9.64 Å². The summed E-state index contributed by atoms with van der Waals surface area (Å²) in [5.74, 6) is -0.527. The average molecular weight is 386 g/mol. The Kier molecular flexibility index (Phi) is 4.68. The highest BCUT2D eigenvalue weighted by molar-refractivity contribution is 6.30. The molecule has 27 heavy (non-hydrogen) atoms. The van der Waals surface area contributed by atoms with E-state index >= 15 is 0 Å². The standard InChI is InChI=1S/C20H17ClFN3O2/c1-27-10-9-25-19(13-3-2-4-15(22)11-13)16-17(23-24-18(16)20(25)26)12-5-7-14(21)8-6-12/h2-8,11,19H,9-10H2,1H3,(H,23,24). The largest absolute Gasteiger partial charge is 0.383 e. The molecule has 4 rings (SSSR count). The minimum absolute atomic E-state index is 0.177. The number of ether oxygens (including phenoxy) is 1. The van der Waals surface area contributed by atoms with Gasteiger partial charge in [0.1, 0.15) is 11.5 Å². The van der Waals surface area contributed by atoms with Crippen molar-refractivity contribution in [3.05, 3.63) is 76.2 Å². The van der Waals surface area contributed by atoms with Crippen LogP contribution >= 0.6 is 11.6 Å². The molecule has 0 saturated carbocycles. The van der Waals surface area contributed by atoms with Crippen molar-refractivity contribution in [3.8, 4) is 11.3 Å². The molecule has 0 aliphatic carbocycles. The van der Waals surface area contributed by atoms with Crippen LogP contribution in [0.3, 0.4) is 0 Å². The third-order valence-electron chi connectivity index (χ3n) is 4.68. The number of carbonyl (C=O) groups excluding carboxylic acids is 1. The van der Waals surface area contributed by atoms with Gasteiger partial charge in [-0.25, -0.2) is 4.39 Å². The van der Waals surface area contributed by atoms with Crippen molar-refractivity contribution in [2.45, 2.75) is 6.04 Å². The number of hydrogen-bond donors (Lipinski definition) is 1. The highest BCUT2D eigenvalue weighted by Gasteiger charge is 2.42. The number of nitrogens with zero attached hydrogens (tertiary/aromatic N) is 2.